The van der Waals surface area contributed by atoms with Gasteiger partial charge in [-0.25, -0.2) is 0 Å². The maximum atomic E-state index is 11.4. The molecule has 1 aromatic heterocycles. The second-order valence-corrected chi connectivity index (χ2v) is 3.91. The van der Waals surface area contributed by atoms with Crippen LogP contribution in [0.1, 0.15) is 0 Å². The zero-order valence-corrected chi connectivity index (χ0v) is 9.68. The molecule has 2 aromatic rings. The van der Waals surface area contributed by atoms with Crippen molar-refractivity contribution < 1.29 is 5.21 Å². The monoisotopic (exact) mass is 281 g/mol. The van der Waals surface area contributed by atoms with Crippen molar-refractivity contribution in [2.24, 2.45) is 0 Å². The first kappa shape index (κ1) is 10.7. The average molecular weight is 282 g/mol. The largest absolute Gasteiger partial charge is 0.425 e. The predicted octanol–water partition coefficient (Wildman–Crippen LogP) is 1.49. The molecule has 0 amide bonds. The van der Waals surface area contributed by atoms with Crippen LogP contribution in [0.15, 0.2) is 39.6 Å². The number of hydrogen-bond donors (Lipinski definition) is 2. The number of benzene rings is 1. The van der Waals surface area contributed by atoms with Gasteiger partial charge in [0.2, 0.25) is 5.95 Å². The standard InChI is InChI=1S/C10H8BrN3O2/c11-7-8(6-4-2-1-3-5-6)14(16)10(12)13-9(7)15/h1-5,16H,(H2,12,13,15). The number of nitrogen functional groups attached to an aromatic ring is 1. The second-order valence-electron chi connectivity index (χ2n) is 3.12. The van der Waals surface area contributed by atoms with E-state index in [1.54, 1.807) is 24.3 Å². The lowest BCUT2D eigenvalue weighted by molar-refractivity contribution is 0.191. The molecule has 0 radical (unpaired) electrons. The van der Waals surface area contributed by atoms with Gasteiger partial charge in [-0.3, -0.25) is 4.79 Å². The van der Waals surface area contributed by atoms with Gasteiger partial charge >= 0.3 is 0 Å². The van der Waals surface area contributed by atoms with Crippen molar-refractivity contribution in [2.75, 3.05) is 5.73 Å². The minimum absolute atomic E-state index is 0.176. The summed E-state index contributed by atoms with van der Waals surface area (Å²) in [5.74, 6) is -0.243. The first-order valence-corrected chi connectivity index (χ1v) is 5.23. The smallest absolute Gasteiger partial charge is 0.289 e. The SMILES string of the molecule is Nc1nc(=O)c(Br)c(-c2ccccc2)n1O. The summed E-state index contributed by atoms with van der Waals surface area (Å²) in [5, 5.41) is 9.72. The highest BCUT2D eigenvalue weighted by atomic mass is 79.9. The molecule has 1 heterocycles. The number of rotatable bonds is 1. The average Bonchev–Trinajstić information content (AvgIpc) is 2.28. The topological polar surface area (TPSA) is 81.1 Å². The number of nitrogens with two attached hydrogens (primary N) is 1. The van der Waals surface area contributed by atoms with Crippen LogP contribution >= 0.6 is 15.9 Å². The third kappa shape index (κ3) is 1.67. The van der Waals surface area contributed by atoms with Crippen molar-refractivity contribution in [3.05, 3.63) is 45.2 Å². The van der Waals surface area contributed by atoms with Crippen LogP contribution in [0, 0.1) is 0 Å². The molecule has 0 aliphatic rings. The minimum Gasteiger partial charge on any atom is -0.425 e. The molecule has 0 unspecified atom stereocenters. The molecule has 2 rings (SSSR count). The van der Waals surface area contributed by atoms with Crippen molar-refractivity contribution in [1.82, 2.24) is 9.71 Å². The molecule has 0 aliphatic heterocycles. The number of hydrogen-bond acceptors (Lipinski definition) is 4. The Bertz CT molecular complexity index is 581. The van der Waals surface area contributed by atoms with Crippen molar-refractivity contribution in [3.63, 3.8) is 0 Å². The maximum absolute atomic E-state index is 11.4. The van der Waals surface area contributed by atoms with E-state index < -0.39 is 5.56 Å². The second kappa shape index (κ2) is 3.97. The van der Waals surface area contributed by atoms with E-state index in [0.717, 1.165) is 0 Å². The molecule has 0 saturated heterocycles. The van der Waals surface area contributed by atoms with Gasteiger partial charge < -0.3 is 10.9 Å². The number of halogens is 1. The Morgan fingerprint density at radius 2 is 1.94 bits per heavy atom. The van der Waals surface area contributed by atoms with E-state index in [-0.39, 0.29) is 16.1 Å². The Morgan fingerprint density at radius 3 is 2.56 bits per heavy atom. The van der Waals surface area contributed by atoms with Crippen molar-refractivity contribution in [1.29, 1.82) is 0 Å². The van der Waals surface area contributed by atoms with Gasteiger partial charge in [0.25, 0.3) is 5.56 Å². The maximum Gasteiger partial charge on any atom is 0.289 e. The summed E-state index contributed by atoms with van der Waals surface area (Å²) in [6, 6.07) is 8.94. The van der Waals surface area contributed by atoms with Crippen LogP contribution in [0.4, 0.5) is 5.95 Å². The highest BCUT2D eigenvalue weighted by molar-refractivity contribution is 9.10. The van der Waals surface area contributed by atoms with E-state index in [9.17, 15) is 10.0 Å². The van der Waals surface area contributed by atoms with E-state index in [1.165, 1.54) is 0 Å². The van der Waals surface area contributed by atoms with Gasteiger partial charge in [-0.05, 0) is 15.9 Å². The highest BCUT2D eigenvalue weighted by Gasteiger charge is 2.14. The molecule has 6 heteroatoms. The van der Waals surface area contributed by atoms with E-state index >= 15 is 0 Å². The molecule has 0 fully saturated rings. The minimum atomic E-state index is -0.512. The normalized spacial score (nSPS) is 10.3. The van der Waals surface area contributed by atoms with Gasteiger partial charge in [-0.15, -0.1) is 0 Å². The number of nitrogens with zero attached hydrogens (tertiary/aromatic N) is 2. The fourth-order valence-electron chi connectivity index (χ4n) is 1.35. The lowest BCUT2D eigenvalue weighted by Crippen LogP contribution is -2.18. The summed E-state index contributed by atoms with van der Waals surface area (Å²) in [6.45, 7) is 0. The van der Waals surface area contributed by atoms with Gasteiger partial charge in [-0.2, -0.15) is 9.71 Å². The van der Waals surface area contributed by atoms with E-state index in [2.05, 4.69) is 20.9 Å². The first-order chi connectivity index (χ1) is 7.61. The van der Waals surface area contributed by atoms with Crippen LogP contribution in [0.25, 0.3) is 11.3 Å². The van der Waals surface area contributed by atoms with Crippen molar-refractivity contribution in [3.8, 4) is 11.3 Å². The molecule has 0 aliphatic carbocycles. The van der Waals surface area contributed by atoms with Crippen LogP contribution in [-0.2, 0) is 0 Å². The third-order valence-electron chi connectivity index (χ3n) is 2.09. The molecule has 5 nitrogen and oxygen atoms in total. The fraction of sp³-hybridized carbons (Fsp3) is 0. The summed E-state index contributed by atoms with van der Waals surface area (Å²) < 4.78 is 0.858. The Morgan fingerprint density at radius 1 is 1.31 bits per heavy atom. The zero-order valence-electron chi connectivity index (χ0n) is 8.09. The molecule has 0 spiro atoms. The van der Waals surface area contributed by atoms with E-state index in [4.69, 9.17) is 5.73 Å². The first-order valence-electron chi connectivity index (χ1n) is 4.44. The summed E-state index contributed by atoms with van der Waals surface area (Å²) in [5.41, 5.74) is 5.86. The van der Waals surface area contributed by atoms with Crippen LogP contribution in [0.5, 0.6) is 0 Å². The molecule has 1 aromatic carbocycles. The van der Waals surface area contributed by atoms with Crippen LogP contribution in [-0.4, -0.2) is 14.9 Å². The third-order valence-corrected chi connectivity index (χ3v) is 2.80. The summed E-state index contributed by atoms with van der Waals surface area (Å²) in [4.78, 5) is 14.9. The highest BCUT2D eigenvalue weighted by Crippen LogP contribution is 2.25. The Balaban J connectivity index is 2.79. The van der Waals surface area contributed by atoms with Gasteiger partial charge in [-0.1, -0.05) is 30.3 Å². The predicted molar refractivity (Wildman–Crippen MR) is 63.2 cm³/mol. The summed E-state index contributed by atoms with van der Waals surface area (Å²) in [6.07, 6.45) is 0. The Hall–Kier alpha value is -1.82. The lowest BCUT2D eigenvalue weighted by Gasteiger charge is -2.10. The van der Waals surface area contributed by atoms with Crippen molar-refractivity contribution >= 4 is 21.9 Å². The van der Waals surface area contributed by atoms with Gasteiger partial charge in [0.15, 0.2) is 0 Å². The molecule has 82 valence electrons. The molecule has 16 heavy (non-hydrogen) atoms. The molecule has 3 N–H and O–H groups in total. The Kier molecular flexibility index (Phi) is 2.66. The van der Waals surface area contributed by atoms with E-state index in [1.807, 2.05) is 6.07 Å². The fourth-order valence-corrected chi connectivity index (χ4v) is 1.84. The summed E-state index contributed by atoms with van der Waals surface area (Å²) >= 11 is 3.09. The number of aromatic nitrogens is 2. The quantitative estimate of drug-likeness (QED) is 0.776. The molecule has 0 atom stereocenters. The number of anilines is 1. The van der Waals surface area contributed by atoms with E-state index in [0.29, 0.717) is 10.3 Å². The molecular weight excluding hydrogens is 274 g/mol. The van der Waals surface area contributed by atoms with Crippen LogP contribution in [0.2, 0.25) is 0 Å². The lowest BCUT2D eigenvalue weighted by atomic mass is 10.1. The summed E-state index contributed by atoms with van der Waals surface area (Å²) in [7, 11) is 0. The van der Waals surface area contributed by atoms with Gasteiger partial charge in [0.05, 0.1) is 0 Å². The molecule has 0 bridgehead atoms. The Labute approximate surface area is 99.3 Å². The van der Waals surface area contributed by atoms with Crippen LogP contribution < -0.4 is 11.3 Å². The van der Waals surface area contributed by atoms with Crippen LogP contribution in [0.3, 0.4) is 0 Å². The van der Waals surface area contributed by atoms with Gasteiger partial charge in [0, 0.05) is 5.56 Å². The van der Waals surface area contributed by atoms with Crippen molar-refractivity contribution in [2.45, 2.75) is 0 Å². The zero-order chi connectivity index (χ0) is 11.7. The molecular formula is C10H8BrN3O2. The molecule has 0 saturated carbocycles. The van der Waals surface area contributed by atoms with Gasteiger partial charge in [0.1, 0.15) is 10.2 Å².